The zero-order valence-corrected chi connectivity index (χ0v) is 13.8. The van der Waals surface area contributed by atoms with Crippen molar-refractivity contribution in [2.45, 2.75) is 25.4 Å². The largest absolute Gasteiger partial charge is 0.368 e. The van der Waals surface area contributed by atoms with Crippen LogP contribution in [0.5, 0.6) is 0 Å². The van der Waals surface area contributed by atoms with Gasteiger partial charge in [0.2, 0.25) is 11.8 Å². The lowest BCUT2D eigenvalue weighted by Crippen LogP contribution is -2.49. The van der Waals surface area contributed by atoms with Crippen LogP contribution in [-0.2, 0) is 14.3 Å². The first-order chi connectivity index (χ1) is 11.7. The second-order valence-corrected chi connectivity index (χ2v) is 6.10. The molecule has 2 fully saturated rings. The molecule has 1 aromatic heterocycles. The fourth-order valence-corrected chi connectivity index (χ4v) is 3.07. The third-order valence-electron chi connectivity index (χ3n) is 4.47. The van der Waals surface area contributed by atoms with Crippen LogP contribution < -0.4 is 10.2 Å². The van der Waals surface area contributed by atoms with Gasteiger partial charge in [-0.3, -0.25) is 9.59 Å². The van der Waals surface area contributed by atoms with Crippen molar-refractivity contribution in [2.24, 2.45) is 0 Å². The van der Waals surface area contributed by atoms with Gasteiger partial charge < -0.3 is 19.9 Å². The fourth-order valence-electron chi connectivity index (χ4n) is 3.07. The molecule has 2 aliphatic heterocycles. The molecule has 1 atom stereocenters. The maximum absolute atomic E-state index is 12.3. The number of piperazine rings is 1. The molecule has 0 radical (unpaired) electrons. The van der Waals surface area contributed by atoms with Crippen molar-refractivity contribution in [1.29, 1.82) is 0 Å². The Labute approximate surface area is 142 Å². The number of aromatic nitrogens is 1. The molecule has 0 aromatic carbocycles. The number of pyridine rings is 1. The maximum Gasteiger partial charge on any atom is 0.249 e. The number of nitrogens with one attached hydrogen (secondary N) is 1. The molecule has 7 heteroatoms. The predicted octanol–water partition coefficient (Wildman–Crippen LogP) is 0.416. The van der Waals surface area contributed by atoms with Gasteiger partial charge in [0.25, 0.3) is 0 Å². The van der Waals surface area contributed by atoms with E-state index in [4.69, 9.17) is 4.74 Å². The van der Waals surface area contributed by atoms with Crippen molar-refractivity contribution in [2.75, 3.05) is 44.2 Å². The predicted molar refractivity (Wildman–Crippen MR) is 89.6 cm³/mol. The second kappa shape index (κ2) is 8.10. The summed E-state index contributed by atoms with van der Waals surface area (Å²) in [7, 11) is 0. The zero-order valence-electron chi connectivity index (χ0n) is 13.8. The number of ether oxygens (including phenoxy) is 1. The van der Waals surface area contributed by atoms with Gasteiger partial charge in [-0.1, -0.05) is 6.07 Å². The molecule has 2 aliphatic rings. The normalized spacial score (nSPS) is 20.9. The fraction of sp³-hybridized carbons (Fsp3) is 0.588. The number of carbonyl (C=O) groups is 2. The second-order valence-electron chi connectivity index (χ2n) is 6.10. The minimum Gasteiger partial charge on any atom is -0.368 e. The molecular weight excluding hydrogens is 308 g/mol. The van der Waals surface area contributed by atoms with Gasteiger partial charge in [0, 0.05) is 51.9 Å². The summed E-state index contributed by atoms with van der Waals surface area (Å²) in [5, 5.41) is 2.80. The van der Waals surface area contributed by atoms with Crippen LogP contribution in [0, 0.1) is 0 Å². The van der Waals surface area contributed by atoms with E-state index in [1.807, 2.05) is 23.1 Å². The highest BCUT2D eigenvalue weighted by Crippen LogP contribution is 2.13. The van der Waals surface area contributed by atoms with E-state index in [0.29, 0.717) is 32.7 Å². The first-order valence-corrected chi connectivity index (χ1v) is 8.57. The van der Waals surface area contributed by atoms with Crippen LogP contribution in [0.4, 0.5) is 5.82 Å². The molecule has 7 nitrogen and oxygen atoms in total. The van der Waals surface area contributed by atoms with E-state index in [2.05, 4.69) is 15.2 Å². The van der Waals surface area contributed by atoms with Crippen molar-refractivity contribution < 1.29 is 14.3 Å². The van der Waals surface area contributed by atoms with E-state index in [9.17, 15) is 9.59 Å². The molecular formula is C17H24N4O3. The van der Waals surface area contributed by atoms with Crippen LogP contribution >= 0.6 is 0 Å². The van der Waals surface area contributed by atoms with Gasteiger partial charge >= 0.3 is 0 Å². The number of anilines is 1. The van der Waals surface area contributed by atoms with Crippen LogP contribution in [0.15, 0.2) is 24.4 Å². The lowest BCUT2D eigenvalue weighted by atomic mass is 10.2. The Hall–Kier alpha value is -2.15. The lowest BCUT2D eigenvalue weighted by Gasteiger charge is -2.35. The van der Waals surface area contributed by atoms with E-state index in [1.165, 1.54) is 0 Å². The van der Waals surface area contributed by atoms with Crippen molar-refractivity contribution in [3.63, 3.8) is 0 Å². The molecule has 1 N–H and O–H groups in total. The molecule has 1 aromatic rings. The summed E-state index contributed by atoms with van der Waals surface area (Å²) in [6, 6.07) is 5.85. The molecule has 0 spiro atoms. The van der Waals surface area contributed by atoms with E-state index in [-0.39, 0.29) is 17.9 Å². The van der Waals surface area contributed by atoms with Crippen LogP contribution in [0.3, 0.4) is 0 Å². The minimum absolute atomic E-state index is 0.0864. The van der Waals surface area contributed by atoms with E-state index >= 15 is 0 Å². The summed E-state index contributed by atoms with van der Waals surface area (Å²) in [5.41, 5.74) is 0. The Balaban J connectivity index is 1.37. The molecule has 24 heavy (non-hydrogen) atoms. The molecule has 2 amide bonds. The number of rotatable bonds is 5. The molecule has 0 unspecified atom stereocenters. The van der Waals surface area contributed by atoms with Gasteiger partial charge in [-0.25, -0.2) is 4.98 Å². The van der Waals surface area contributed by atoms with Crippen molar-refractivity contribution in [1.82, 2.24) is 15.2 Å². The Morgan fingerprint density at radius 2 is 2.08 bits per heavy atom. The Morgan fingerprint density at radius 1 is 1.25 bits per heavy atom. The van der Waals surface area contributed by atoms with Gasteiger partial charge in [0.15, 0.2) is 0 Å². The van der Waals surface area contributed by atoms with E-state index in [0.717, 1.165) is 31.7 Å². The summed E-state index contributed by atoms with van der Waals surface area (Å²) in [6.45, 7) is 3.97. The van der Waals surface area contributed by atoms with Gasteiger partial charge in [0.1, 0.15) is 11.9 Å². The SMILES string of the molecule is O=C(NCCC(=O)N1CCN(c2ccccn2)CC1)[C@H]1CCCO1. The van der Waals surface area contributed by atoms with Crippen LogP contribution in [0.25, 0.3) is 0 Å². The number of hydrogen-bond acceptors (Lipinski definition) is 5. The highest BCUT2D eigenvalue weighted by molar-refractivity contribution is 5.82. The number of nitrogens with zero attached hydrogens (tertiary/aromatic N) is 3. The summed E-state index contributed by atoms with van der Waals surface area (Å²) in [6.07, 6.45) is 3.49. The standard InChI is InChI=1S/C17H24N4O3/c22-16(6-8-19-17(23)14-4-3-13-24-14)21-11-9-20(10-12-21)15-5-1-2-7-18-15/h1-2,5,7,14H,3-4,6,8-13H2,(H,19,23)/t14-/m1/s1. The smallest absolute Gasteiger partial charge is 0.249 e. The summed E-state index contributed by atoms with van der Waals surface area (Å²) in [4.78, 5) is 32.5. The number of hydrogen-bond donors (Lipinski definition) is 1. The molecule has 0 saturated carbocycles. The third-order valence-corrected chi connectivity index (χ3v) is 4.47. The Morgan fingerprint density at radius 3 is 2.75 bits per heavy atom. The van der Waals surface area contributed by atoms with Crippen molar-refractivity contribution in [3.05, 3.63) is 24.4 Å². The quantitative estimate of drug-likeness (QED) is 0.846. The average molecular weight is 332 g/mol. The Kier molecular flexibility index (Phi) is 5.63. The van der Waals surface area contributed by atoms with Gasteiger partial charge in [-0.15, -0.1) is 0 Å². The van der Waals surface area contributed by atoms with Crippen LogP contribution in [0.1, 0.15) is 19.3 Å². The van der Waals surface area contributed by atoms with Gasteiger partial charge in [-0.05, 0) is 25.0 Å². The number of carbonyl (C=O) groups excluding carboxylic acids is 2. The lowest BCUT2D eigenvalue weighted by molar-refractivity contribution is -0.132. The van der Waals surface area contributed by atoms with Crippen LogP contribution in [-0.4, -0.2) is 67.1 Å². The topological polar surface area (TPSA) is 74.8 Å². The third kappa shape index (κ3) is 4.23. The first kappa shape index (κ1) is 16.7. The van der Waals surface area contributed by atoms with E-state index in [1.54, 1.807) is 6.20 Å². The van der Waals surface area contributed by atoms with Crippen LogP contribution in [0.2, 0.25) is 0 Å². The monoisotopic (exact) mass is 332 g/mol. The van der Waals surface area contributed by atoms with Gasteiger partial charge in [-0.2, -0.15) is 0 Å². The minimum atomic E-state index is -0.331. The Bertz CT molecular complexity index is 552. The molecule has 0 bridgehead atoms. The average Bonchev–Trinajstić information content (AvgIpc) is 3.17. The summed E-state index contributed by atoms with van der Waals surface area (Å²) >= 11 is 0. The highest BCUT2D eigenvalue weighted by Gasteiger charge is 2.24. The first-order valence-electron chi connectivity index (χ1n) is 8.57. The molecule has 3 rings (SSSR count). The molecule has 2 saturated heterocycles. The van der Waals surface area contributed by atoms with E-state index < -0.39 is 0 Å². The van der Waals surface area contributed by atoms with Gasteiger partial charge in [0.05, 0.1) is 0 Å². The molecule has 130 valence electrons. The van der Waals surface area contributed by atoms with Crippen molar-refractivity contribution >= 4 is 17.6 Å². The number of amides is 2. The highest BCUT2D eigenvalue weighted by atomic mass is 16.5. The summed E-state index contributed by atoms with van der Waals surface area (Å²) < 4.78 is 5.32. The van der Waals surface area contributed by atoms with Crippen molar-refractivity contribution in [3.8, 4) is 0 Å². The summed E-state index contributed by atoms with van der Waals surface area (Å²) in [5.74, 6) is 0.942. The maximum atomic E-state index is 12.3. The molecule has 0 aliphatic carbocycles. The zero-order chi connectivity index (χ0) is 16.8. The molecule has 3 heterocycles.